The minimum atomic E-state index is -0.795. The average Bonchev–Trinajstić information content (AvgIpc) is 3.47. The molecule has 1 aliphatic heterocycles. The molecule has 0 unspecified atom stereocenters. The molecule has 1 aromatic carbocycles. The highest BCUT2D eigenvalue weighted by Gasteiger charge is 2.16. The molecule has 0 aliphatic carbocycles. The molecule has 1 fully saturated rings. The molecule has 4 heterocycles. The van der Waals surface area contributed by atoms with Crippen LogP contribution in [0, 0.1) is 15.9 Å². The topological polar surface area (TPSA) is 98.4 Å². The first-order chi connectivity index (χ1) is 16.1. The van der Waals surface area contributed by atoms with Gasteiger partial charge in [0, 0.05) is 67.7 Å². The zero-order valence-electron chi connectivity index (χ0n) is 17.6. The number of non-ortho nitro benzene ring substituents is 1. The van der Waals surface area contributed by atoms with Gasteiger partial charge in [0.05, 0.1) is 33.9 Å². The lowest BCUT2D eigenvalue weighted by Crippen LogP contribution is -2.44. The summed E-state index contributed by atoms with van der Waals surface area (Å²) in [7, 11) is 0. The Morgan fingerprint density at radius 2 is 2.03 bits per heavy atom. The number of hydrogen-bond acceptors (Lipinski definition) is 8. The van der Waals surface area contributed by atoms with Crippen LogP contribution in [0.25, 0.3) is 20.7 Å². The van der Waals surface area contributed by atoms with Gasteiger partial charge in [0.25, 0.3) is 5.69 Å². The molecule has 0 radical (unpaired) electrons. The van der Waals surface area contributed by atoms with Crippen molar-refractivity contribution in [1.82, 2.24) is 25.0 Å². The lowest BCUT2D eigenvalue weighted by Gasteiger charge is -2.26. The predicted octanol–water partition coefficient (Wildman–Crippen LogP) is 3.90. The largest absolute Gasteiger partial charge is 0.453 e. The minimum Gasteiger partial charge on any atom is -0.453 e. The fraction of sp³-hybridized carbons (Fsp3) is 0.273. The highest BCUT2D eigenvalue weighted by atomic mass is 32.1. The Labute approximate surface area is 192 Å². The maximum atomic E-state index is 14.3. The summed E-state index contributed by atoms with van der Waals surface area (Å²) in [5.41, 5.74) is 1.38. The molecule has 1 aliphatic rings. The van der Waals surface area contributed by atoms with Gasteiger partial charge in [0.2, 0.25) is 0 Å². The Hall–Kier alpha value is -3.41. The Morgan fingerprint density at radius 3 is 2.82 bits per heavy atom. The van der Waals surface area contributed by atoms with Crippen molar-refractivity contribution < 1.29 is 14.1 Å². The van der Waals surface area contributed by atoms with Gasteiger partial charge in [0.1, 0.15) is 5.75 Å². The van der Waals surface area contributed by atoms with Crippen molar-refractivity contribution in [2.75, 3.05) is 32.7 Å². The van der Waals surface area contributed by atoms with Gasteiger partial charge in [-0.1, -0.05) is 0 Å². The first kappa shape index (κ1) is 21.4. The number of pyridine rings is 1. The van der Waals surface area contributed by atoms with E-state index in [1.165, 1.54) is 23.5 Å². The van der Waals surface area contributed by atoms with E-state index < -0.39 is 10.7 Å². The number of hydrogen-bond donors (Lipinski definition) is 1. The summed E-state index contributed by atoms with van der Waals surface area (Å²) in [5, 5.41) is 18.7. The van der Waals surface area contributed by atoms with E-state index in [1.807, 2.05) is 23.1 Å². The molecule has 0 amide bonds. The van der Waals surface area contributed by atoms with Crippen molar-refractivity contribution >= 4 is 27.2 Å². The van der Waals surface area contributed by atoms with Crippen LogP contribution in [0.15, 0.2) is 48.9 Å². The standard InChI is InChI=1S/C22H21FN6O3S/c23-17-11-16(29(30)31)1-2-19(17)32-20-3-4-25-18-12-21(33-22(18)20)15-13-26-28(14-15)10-9-27-7-5-24-6-8-27/h1-4,11-14,24H,5-10H2. The summed E-state index contributed by atoms with van der Waals surface area (Å²) >= 11 is 1.48. The quantitative estimate of drug-likeness (QED) is 0.324. The molecular weight excluding hydrogens is 447 g/mol. The summed E-state index contributed by atoms with van der Waals surface area (Å²) < 4.78 is 22.8. The van der Waals surface area contributed by atoms with Gasteiger partial charge >= 0.3 is 0 Å². The van der Waals surface area contributed by atoms with Crippen molar-refractivity contribution in [3.8, 4) is 21.9 Å². The number of fused-ring (bicyclic) bond motifs is 1. The fourth-order valence-electron chi connectivity index (χ4n) is 3.73. The third kappa shape index (κ3) is 4.70. The first-order valence-electron chi connectivity index (χ1n) is 10.5. The van der Waals surface area contributed by atoms with Crippen LogP contribution in [0.1, 0.15) is 0 Å². The molecule has 11 heteroatoms. The monoisotopic (exact) mass is 468 g/mol. The number of ether oxygens (including phenoxy) is 1. The van der Waals surface area contributed by atoms with Crippen LogP contribution in [-0.2, 0) is 6.54 Å². The molecule has 1 N–H and O–H groups in total. The zero-order chi connectivity index (χ0) is 22.8. The van der Waals surface area contributed by atoms with Crippen LogP contribution in [-0.4, -0.2) is 57.3 Å². The molecular formula is C22H21FN6O3S. The first-order valence-corrected chi connectivity index (χ1v) is 11.3. The van der Waals surface area contributed by atoms with Gasteiger partial charge in [-0.3, -0.25) is 24.7 Å². The number of nitro benzene ring substituents is 1. The smallest absolute Gasteiger partial charge is 0.272 e. The van der Waals surface area contributed by atoms with Crippen LogP contribution in [0.4, 0.5) is 10.1 Å². The number of rotatable bonds is 7. The van der Waals surface area contributed by atoms with Crippen LogP contribution >= 0.6 is 11.3 Å². The van der Waals surface area contributed by atoms with Crippen molar-refractivity contribution in [2.24, 2.45) is 0 Å². The zero-order valence-corrected chi connectivity index (χ0v) is 18.4. The highest BCUT2D eigenvalue weighted by Crippen LogP contribution is 2.39. The lowest BCUT2D eigenvalue weighted by molar-refractivity contribution is -0.385. The van der Waals surface area contributed by atoms with E-state index in [1.54, 1.807) is 12.3 Å². The van der Waals surface area contributed by atoms with E-state index in [4.69, 9.17) is 4.74 Å². The minimum absolute atomic E-state index is 0.0798. The summed E-state index contributed by atoms with van der Waals surface area (Å²) in [6.07, 6.45) is 5.44. The van der Waals surface area contributed by atoms with E-state index in [-0.39, 0.29) is 11.4 Å². The molecule has 1 saturated heterocycles. The van der Waals surface area contributed by atoms with Crippen molar-refractivity contribution in [2.45, 2.75) is 6.54 Å². The average molecular weight is 469 g/mol. The number of nitrogens with one attached hydrogen (secondary N) is 1. The van der Waals surface area contributed by atoms with Gasteiger partial charge in [-0.15, -0.1) is 11.3 Å². The van der Waals surface area contributed by atoms with Crippen molar-refractivity contribution in [3.63, 3.8) is 0 Å². The summed E-state index contributed by atoms with van der Waals surface area (Å²) in [5.74, 6) is -0.435. The summed E-state index contributed by atoms with van der Waals surface area (Å²) in [4.78, 5) is 18.0. The van der Waals surface area contributed by atoms with E-state index in [9.17, 15) is 14.5 Å². The van der Waals surface area contributed by atoms with Gasteiger partial charge in [-0.25, -0.2) is 4.39 Å². The Bertz CT molecular complexity index is 1300. The molecule has 0 bridgehead atoms. The number of nitro groups is 1. The molecule has 33 heavy (non-hydrogen) atoms. The number of thiophene rings is 1. The normalized spacial score (nSPS) is 14.6. The fourth-order valence-corrected chi connectivity index (χ4v) is 4.77. The number of halogens is 1. The Morgan fingerprint density at radius 1 is 1.18 bits per heavy atom. The van der Waals surface area contributed by atoms with E-state index in [2.05, 4.69) is 20.3 Å². The second kappa shape index (κ2) is 9.22. The molecule has 0 atom stereocenters. The molecule has 170 valence electrons. The summed E-state index contributed by atoms with van der Waals surface area (Å²) in [6.45, 7) is 5.91. The molecule has 9 nitrogen and oxygen atoms in total. The third-order valence-corrected chi connectivity index (χ3v) is 6.68. The van der Waals surface area contributed by atoms with Crippen LogP contribution in [0.3, 0.4) is 0 Å². The lowest BCUT2D eigenvalue weighted by atomic mass is 10.2. The number of benzene rings is 1. The Balaban J connectivity index is 1.35. The van der Waals surface area contributed by atoms with Crippen LogP contribution in [0.2, 0.25) is 0 Å². The third-order valence-electron chi connectivity index (χ3n) is 5.49. The van der Waals surface area contributed by atoms with Gasteiger partial charge in [-0.05, 0) is 12.1 Å². The molecule has 0 saturated carbocycles. The van der Waals surface area contributed by atoms with Crippen molar-refractivity contribution in [3.05, 3.63) is 64.9 Å². The maximum absolute atomic E-state index is 14.3. The second-order valence-electron chi connectivity index (χ2n) is 7.69. The van der Waals surface area contributed by atoms with Gasteiger partial charge < -0.3 is 10.1 Å². The molecule has 4 aromatic rings. The van der Waals surface area contributed by atoms with Crippen LogP contribution in [0.5, 0.6) is 11.5 Å². The van der Waals surface area contributed by atoms with E-state index in [0.717, 1.165) is 66.0 Å². The van der Waals surface area contributed by atoms with Gasteiger partial charge in [-0.2, -0.15) is 5.10 Å². The van der Waals surface area contributed by atoms with Crippen LogP contribution < -0.4 is 10.1 Å². The molecule has 0 spiro atoms. The Kier molecular flexibility index (Phi) is 5.99. The van der Waals surface area contributed by atoms with Crippen molar-refractivity contribution in [1.29, 1.82) is 0 Å². The molecule has 5 rings (SSSR count). The second-order valence-corrected chi connectivity index (χ2v) is 8.74. The van der Waals surface area contributed by atoms with E-state index in [0.29, 0.717) is 5.75 Å². The van der Waals surface area contributed by atoms with Gasteiger partial charge in [0.15, 0.2) is 11.6 Å². The van der Waals surface area contributed by atoms with E-state index >= 15 is 0 Å². The molecule has 3 aromatic heterocycles. The number of aromatic nitrogens is 3. The predicted molar refractivity (Wildman–Crippen MR) is 123 cm³/mol. The number of piperazine rings is 1. The number of nitrogens with zero attached hydrogens (tertiary/aromatic N) is 5. The highest BCUT2D eigenvalue weighted by molar-refractivity contribution is 7.22. The maximum Gasteiger partial charge on any atom is 0.272 e. The SMILES string of the molecule is O=[N+]([O-])c1ccc(Oc2ccnc3cc(-c4cnn(CCN5CCNCC5)c4)sc23)c(F)c1. The summed E-state index contributed by atoms with van der Waals surface area (Å²) in [6, 6.07) is 6.93.